The van der Waals surface area contributed by atoms with Gasteiger partial charge in [0.15, 0.2) is 5.78 Å². The van der Waals surface area contributed by atoms with Crippen LogP contribution in [0.2, 0.25) is 0 Å². The van der Waals surface area contributed by atoms with Gasteiger partial charge in [-0.2, -0.15) is 0 Å². The molecule has 0 aliphatic heterocycles. The summed E-state index contributed by atoms with van der Waals surface area (Å²) in [5.41, 5.74) is 2.39. The summed E-state index contributed by atoms with van der Waals surface area (Å²) in [6.45, 7) is 10.0. The van der Waals surface area contributed by atoms with Gasteiger partial charge in [-0.05, 0) is 38.7 Å². The normalized spacial score (nSPS) is 27.1. The summed E-state index contributed by atoms with van der Waals surface area (Å²) in [7, 11) is 0. The Morgan fingerprint density at radius 2 is 2.00 bits per heavy atom. The zero-order chi connectivity index (χ0) is 15.3. The average molecular weight is 274 g/mol. The molecule has 0 aromatic carbocycles. The van der Waals surface area contributed by atoms with E-state index in [-0.39, 0.29) is 17.3 Å². The number of hydrogen-bond acceptors (Lipinski definition) is 2. The van der Waals surface area contributed by atoms with E-state index in [0.717, 1.165) is 12.0 Å². The monoisotopic (exact) mass is 274 g/mol. The SMILES string of the molecule is CC(=O)C=CC=C(C)C=C[C@H]1C(C)=C[C@H](O)CC1(C)C. The molecule has 1 N–H and O–H groups in total. The van der Waals surface area contributed by atoms with Crippen LogP contribution in [-0.2, 0) is 4.79 Å². The molecule has 0 aromatic rings. The fraction of sp³-hybridized carbons (Fsp3) is 0.500. The standard InChI is InChI=1S/C18H26O2/c1-13(7-6-8-15(3)19)9-10-17-14(2)11-16(20)12-18(17,4)5/h6-11,16-17,20H,12H2,1-5H3/t16-,17-/m0/s1. The Balaban J connectivity index is 2.83. The van der Waals surface area contributed by atoms with Crippen LogP contribution in [0.25, 0.3) is 0 Å². The minimum atomic E-state index is -0.329. The minimum Gasteiger partial charge on any atom is -0.389 e. The van der Waals surface area contributed by atoms with Crippen LogP contribution in [0.1, 0.15) is 41.0 Å². The molecule has 2 atom stereocenters. The van der Waals surface area contributed by atoms with Crippen molar-refractivity contribution in [2.24, 2.45) is 11.3 Å². The summed E-state index contributed by atoms with van der Waals surface area (Å²) < 4.78 is 0. The van der Waals surface area contributed by atoms with Crippen molar-refractivity contribution in [1.29, 1.82) is 0 Å². The lowest BCUT2D eigenvalue weighted by Crippen LogP contribution is -2.32. The Morgan fingerprint density at radius 1 is 1.35 bits per heavy atom. The summed E-state index contributed by atoms with van der Waals surface area (Å²) in [6.07, 6.45) is 12.0. The lowest BCUT2D eigenvalue weighted by Gasteiger charge is -2.38. The molecule has 0 radical (unpaired) electrons. The van der Waals surface area contributed by atoms with Gasteiger partial charge in [0.2, 0.25) is 0 Å². The first-order chi connectivity index (χ1) is 9.22. The third-order valence-electron chi connectivity index (χ3n) is 3.76. The zero-order valence-electron chi connectivity index (χ0n) is 13.2. The highest BCUT2D eigenvalue weighted by molar-refractivity contribution is 5.87. The maximum Gasteiger partial charge on any atom is 0.152 e. The molecular formula is C18H26O2. The third kappa shape index (κ3) is 4.93. The molecule has 0 saturated carbocycles. The second-order valence-corrected chi connectivity index (χ2v) is 6.39. The number of allylic oxidation sites excluding steroid dienone is 7. The molecule has 0 heterocycles. The molecule has 2 heteroatoms. The van der Waals surface area contributed by atoms with Gasteiger partial charge in [-0.1, -0.05) is 55.4 Å². The van der Waals surface area contributed by atoms with Crippen LogP contribution in [-0.4, -0.2) is 17.0 Å². The van der Waals surface area contributed by atoms with Crippen LogP contribution in [0.15, 0.2) is 47.6 Å². The lowest BCUT2D eigenvalue weighted by molar-refractivity contribution is -0.112. The highest BCUT2D eigenvalue weighted by atomic mass is 16.3. The first kappa shape index (κ1) is 16.6. The molecule has 1 rings (SSSR count). The zero-order valence-corrected chi connectivity index (χ0v) is 13.2. The summed E-state index contributed by atoms with van der Waals surface area (Å²) in [5.74, 6) is 0.394. The second kappa shape index (κ2) is 6.85. The average Bonchev–Trinajstić information content (AvgIpc) is 2.25. The van der Waals surface area contributed by atoms with E-state index in [4.69, 9.17) is 0 Å². The predicted molar refractivity (Wildman–Crippen MR) is 84.4 cm³/mol. The summed E-state index contributed by atoms with van der Waals surface area (Å²) >= 11 is 0. The van der Waals surface area contributed by atoms with Crippen LogP contribution in [0.3, 0.4) is 0 Å². The molecule has 0 unspecified atom stereocenters. The third-order valence-corrected chi connectivity index (χ3v) is 3.76. The van der Waals surface area contributed by atoms with Gasteiger partial charge in [-0.3, -0.25) is 4.79 Å². The quantitative estimate of drug-likeness (QED) is 0.478. The number of aliphatic hydroxyl groups is 1. The van der Waals surface area contributed by atoms with Gasteiger partial charge >= 0.3 is 0 Å². The highest BCUT2D eigenvalue weighted by Gasteiger charge is 2.34. The van der Waals surface area contributed by atoms with Crippen LogP contribution in [0.4, 0.5) is 0 Å². The molecule has 0 spiro atoms. The second-order valence-electron chi connectivity index (χ2n) is 6.39. The van der Waals surface area contributed by atoms with E-state index in [1.54, 1.807) is 19.1 Å². The molecule has 2 nitrogen and oxygen atoms in total. The predicted octanol–water partition coefficient (Wildman–Crippen LogP) is 3.99. The Morgan fingerprint density at radius 3 is 2.55 bits per heavy atom. The fourth-order valence-corrected chi connectivity index (χ4v) is 2.80. The van der Waals surface area contributed by atoms with Crippen molar-refractivity contribution in [2.75, 3.05) is 0 Å². The van der Waals surface area contributed by atoms with Gasteiger partial charge in [0.05, 0.1) is 6.10 Å². The highest BCUT2D eigenvalue weighted by Crippen LogP contribution is 2.41. The maximum atomic E-state index is 10.8. The van der Waals surface area contributed by atoms with Gasteiger partial charge in [-0.15, -0.1) is 0 Å². The molecule has 1 aliphatic carbocycles. The molecule has 20 heavy (non-hydrogen) atoms. The van der Waals surface area contributed by atoms with Crippen LogP contribution in [0.5, 0.6) is 0 Å². The van der Waals surface area contributed by atoms with Crippen LogP contribution in [0, 0.1) is 11.3 Å². The van der Waals surface area contributed by atoms with Crippen molar-refractivity contribution in [3.63, 3.8) is 0 Å². The van der Waals surface area contributed by atoms with E-state index >= 15 is 0 Å². The Labute approximate surface area is 122 Å². The van der Waals surface area contributed by atoms with Crippen molar-refractivity contribution in [3.8, 4) is 0 Å². The number of hydrogen-bond donors (Lipinski definition) is 1. The number of ketones is 1. The number of carbonyl (C=O) groups excluding carboxylic acids is 1. The van der Waals surface area contributed by atoms with Gasteiger partial charge < -0.3 is 5.11 Å². The van der Waals surface area contributed by atoms with Crippen molar-refractivity contribution in [2.45, 2.75) is 47.1 Å². The van der Waals surface area contributed by atoms with Gasteiger partial charge in [-0.25, -0.2) is 0 Å². The molecule has 0 bridgehead atoms. The Kier molecular flexibility index (Phi) is 5.70. The topological polar surface area (TPSA) is 37.3 Å². The van der Waals surface area contributed by atoms with Crippen molar-refractivity contribution in [1.82, 2.24) is 0 Å². The van der Waals surface area contributed by atoms with E-state index in [2.05, 4.69) is 32.9 Å². The van der Waals surface area contributed by atoms with E-state index in [9.17, 15) is 9.90 Å². The first-order valence-electron chi connectivity index (χ1n) is 7.12. The molecule has 0 amide bonds. The summed E-state index contributed by atoms with van der Waals surface area (Å²) in [6, 6.07) is 0. The molecular weight excluding hydrogens is 248 g/mol. The van der Waals surface area contributed by atoms with Crippen molar-refractivity contribution in [3.05, 3.63) is 47.6 Å². The molecule has 0 saturated heterocycles. The van der Waals surface area contributed by atoms with Crippen molar-refractivity contribution >= 4 is 5.78 Å². The van der Waals surface area contributed by atoms with Gasteiger partial charge in [0.25, 0.3) is 0 Å². The minimum absolute atomic E-state index is 0.0548. The fourth-order valence-electron chi connectivity index (χ4n) is 2.80. The van der Waals surface area contributed by atoms with Crippen LogP contribution >= 0.6 is 0 Å². The number of carbonyl (C=O) groups is 1. The lowest BCUT2D eigenvalue weighted by atomic mass is 9.67. The van der Waals surface area contributed by atoms with E-state index in [0.29, 0.717) is 5.92 Å². The van der Waals surface area contributed by atoms with Crippen molar-refractivity contribution < 1.29 is 9.90 Å². The molecule has 0 aromatic heterocycles. The maximum absolute atomic E-state index is 10.8. The number of rotatable bonds is 4. The largest absolute Gasteiger partial charge is 0.389 e. The summed E-state index contributed by atoms with van der Waals surface area (Å²) in [5, 5.41) is 9.83. The molecule has 110 valence electrons. The Hall–Kier alpha value is -1.41. The van der Waals surface area contributed by atoms with E-state index in [1.807, 2.05) is 19.1 Å². The molecule has 1 aliphatic rings. The number of aliphatic hydroxyl groups excluding tert-OH is 1. The smallest absolute Gasteiger partial charge is 0.152 e. The Bertz CT molecular complexity index is 476. The van der Waals surface area contributed by atoms with E-state index < -0.39 is 0 Å². The summed E-state index contributed by atoms with van der Waals surface area (Å²) in [4.78, 5) is 10.8. The van der Waals surface area contributed by atoms with Gasteiger partial charge in [0, 0.05) is 5.92 Å². The first-order valence-corrected chi connectivity index (χ1v) is 7.12. The van der Waals surface area contributed by atoms with E-state index in [1.165, 1.54) is 5.57 Å². The van der Waals surface area contributed by atoms with Crippen LogP contribution < -0.4 is 0 Å². The van der Waals surface area contributed by atoms with Gasteiger partial charge in [0.1, 0.15) is 0 Å². The molecule has 0 fully saturated rings.